The summed E-state index contributed by atoms with van der Waals surface area (Å²) in [5, 5.41) is 152. The third-order valence-corrected chi connectivity index (χ3v) is 22.6. The van der Waals surface area contributed by atoms with E-state index in [2.05, 4.69) is 80.7 Å². The van der Waals surface area contributed by atoms with Gasteiger partial charge in [0, 0.05) is 82.4 Å². The number of allylic oxidation sites excluding steroid dienone is 2. The van der Waals surface area contributed by atoms with Crippen LogP contribution in [0.15, 0.2) is 74.9 Å². The van der Waals surface area contributed by atoms with Crippen molar-refractivity contribution in [3.8, 4) is 0 Å². The summed E-state index contributed by atoms with van der Waals surface area (Å²) in [5.74, 6) is -4.93. The monoisotopic (exact) mass is 1760 g/mol. The minimum atomic E-state index is -1.05. The van der Waals surface area contributed by atoms with Crippen LogP contribution in [0.3, 0.4) is 0 Å². The first-order valence-electron chi connectivity index (χ1n) is 40.0. The molecular weight excluding hydrogens is 1650 g/mol. The van der Waals surface area contributed by atoms with E-state index in [1.807, 2.05) is 24.3 Å². The van der Waals surface area contributed by atoms with Gasteiger partial charge in [-0.15, -0.1) is 40.8 Å². The van der Waals surface area contributed by atoms with Gasteiger partial charge in [-0.25, -0.2) is 77.3 Å². The lowest BCUT2D eigenvalue weighted by Crippen LogP contribution is -2.30. The smallest absolute Gasteiger partial charge is 0.288 e. The Labute approximate surface area is 710 Å². The lowest BCUT2D eigenvalue weighted by molar-refractivity contribution is -0.00541. The molecule has 53 heteroatoms. The molecular formula is C72H108N32O21. The highest BCUT2D eigenvalue weighted by molar-refractivity contribution is 5.91. The fourth-order valence-electron chi connectivity index (χ4n) is 15.6. The average Bonchev–Trinajstić information content (AvgIpc) is 1.67. The van der Waals surface area contributed by atoms with Crippen molar-refractivity contribution < 1.29 is 105 Å². The normalized spacial score (nSPS) is 27.9. The largest absolute Gasteiger partial charge is 0.396 e. The van der Waals surface area contributed by atoms with Crippen molar-refractivity contribution in [3.05, 3.63) is 122 Å². The predicted molar refractivity (Wildman–Crippen MR) is 423 cm³/mol. The van der Waals surface area contributed by atoms with E-state index in [4.69, 9.17) is 86.7 Å². The highest BCUT2D eigenvalue weighted by atomic mass is 16.3. The van der Waals surface area contributed by atoms with E-state index in [1.165, 1.54) is 69.3 Å². The zero-order chi connectivity index (χ0) is 91.0. The number of aromatic nitrogens is 24. The number of hydrogen-bond donors (Lipinski definition) is 21. The van der Waals surface area contributed by atoms with Crippen LogP contribution in [0, 0.1) is 47.3 Å². The molecule has 125 heavy (non-hydrogen) atoms. The fraction of sp³-hybridized carbons (Fsp3) is 0.611. The van der Waals surface area contributed by atoms with E-state index in [-0.39, 0.29) is 171 Å². The lowest BCUT2D eigenvalue weighted by Gasteiger charge is -2.16. The summed E-state index contributed by atoms with van der Waals surface area (Å²) >= 11 is 0. The van der Waals surface area contributed by atoms with Crippen LogP contribution in [0.4, 0.5) is 0 Å². The Morgan fingerprint density at radius 2 is 0.552 bits per heavy atom. The van der Waals surface area contributed by atoms with E-state index in [9.17, 15) is 63.9 Å². The number of aliphatic hydroxyl groups excluding tert-OH is 13. The molecule has 6 saturated carbocycles. The minimum Gasteiger partial charge on any atom is -0.396 e. The molecule has 53 nitrogen and oxygen atoms in total. The Morgan fingerprint density at radius 1 is 0.264 bits per heavy atom. The number of carbonyl (C=O) groups is 8. The molecule has 0 bridgehead atoms. The van der Waals surface area contributed by atoms with Gasteiger partial charge >= 0.3 is 0 Å². The van der Waals surface area contributed by atoms with Crippen LogP contribution in [-0.2, 0) is 0 Å². The molecule has 0 spiro atoms. The molecule has 29 N–H and O–H groups in total. The molecule has 2 unspecified atom stereocenters. The molecule has 8 aliphatic carbocycles. The van der Waals surface area contributed by atoms with Crippen LogP contribution in [0.5, 0.6) is 0 Å². The summed E-state index contributed by atoms with van der Waals surface area (Å²) in [4.78, 5) is 117. The van der Waals surface area contributed by atoms with Gasteiger partial charge in [-0.05, 0) is 114 Å². The van der Waals surface area contributed by atoms with Crippen molar-refractivity contribution in [2.75, 3.05) is 52.9 Å². The van der Waals surface area contributed by atoms with Gasteiger partial charge in [-0.1, -0.05) is 24.3 Å². The number of primary amides is 8. The number of nitrogens with two attached hydrogens (primary N) is 8. The van der Waals surface area contributed by atoms with Crippen LogP contribution in [0.2, 0.25) is 0 Å². The second-order valence-electron chi connectivity index (χ2n) is 31.2. The first kappa shape index (κ1) is 96.7. The Balaban J connectivity index is 0.000000162. The first-order chi connectivity index (χ1) is 59.7. The number of amides is 8. The quantitative estimate of drug-likeness (QED) is 0.0250. The van der Waals surface area contributed by atoms with Gasteiger partial charge in [-0.3, -0.25) is 38.4 Å². The van der Waals surface area contributed by atoms with Gasteiger partial charge in [0.2, 0.25) is 46.6 Å². The van der Waals surface area contributed by atoms with Gasteiger partial charge in [0.05, 0.1) is 72.8 Å². The van der Waals surface area contributed by atoms with Crippen molar-refractivity contribution >= 4 is 47.3 Å². The Hall–Kier alpha value is -12.2. The predicted octanol–water partition coefficient (Wildman–Crippen LogP) is -7.91. The van der Waals surface area contributed by atoms with E-state index in [1.54, 1.807) is 18.7 Å². The van der Waals surface area contributed by atoms with Gasteiger partial charge in [0.15, 0.2) is 0 Å². The molecule has 0 saturated heterocycles. The lowest BCUT2D eigenvalue weighted by atomic mass is 10.1. The second-order valence-corrected chi connectivity index (χ2v) is 31.2. The molecule has 21 atom stereocenters. The maximum absolute atomic E-state index is 10.8. The summed E-state index contributed by atoms with van der Waals surface area (Å²) in [6, 6.07) is -0.225. The summed E-state index contributed by atoms with van der Waals surface area (Å²) < 4.78 is 12.3. The Kier molecular flexibility index (Phi) is 35.2. The van der Waals surface area contributed by atoms with Gasteiger partial charge < -0.3 is 112 Å². The summed E-state index contributed by atoms with van der Waals surface area (Å²) in [6.45, 7) is 0.428. The third kappa shape index (κ3) is 26.0. The molecule has 0 aromatic carbocycles. The van der Waals surface area contributed by atoms with Crippen LogP contribution in [0.25, 0.3) is 0 Å². The molecule has 8 aromatic heterocycles. The molecule has 0 aliphatic heterocycles. The Morgan fingerprint density at radius 3 is 0.808 bits per heavy atom. The van der Waals surface area contributed by atoms with Crippen molar-refractivity contribution in [1.82, 2.24) is 118 Å². The molecule has 8 amide bonds. The maximum atomic E-state index is 10.8. The minimum absolute atomic E-state index is 0.0239. The first-order valence-corrected chi connectivity index (χ1v) is 40.0. The zero-order valence-corrected chi connectivity index (χ0v) is 67.7. The van der Waals surface area contributed by atoms with Crippen molar-refractivity contribution in [2.45, 2.75) is 175 Å². The number of aliphatic hydroxyl groups is 13. The van der Waals surface area contributed by atoms with Crippen LogP contribution in [-0.4, -0.2) is 315 Å². The molecule has 682 valence electrons. The molecule has 0 radical (unpaired) electrons. The van der Waals surface area contributed by atoms with Gasteiger partial charge in [-0.2, -0.15) is 0 Å². The van der Waals surface area contributed by atoms with Gasteiger partial charge in [0.1, 0.15) is 56.7 Å². The standard InChI is InChI=1S/C9H14N4O4.3C9H14N4O3.2C9H14N4O2.2C9H12N4O2/c10-8(17)9-11-3-13(12-9)5-1-4(2-14)6(15)7(5)16;2*10-8(16)9-11-4-13(12-9)6-1-5(3-14)7(15)2-6;10-8(16)9-11-4-13(12-9)6-1-5(3-14)2-7(6)15;4*10-8(15)9-11-5-13(12-9)7-2-1-6(3-7)4-14/h3-7,14-16H,1-2H2,(H2,10,17);3*4-7,14-15H,1-3H2,(H2,10,16);2*5-7,14H,1-4H2,(H2,10,15);2*1-2,5-7,14H,3-4H2,(H2,10,15)/t4-,5-,6?,7-;5-,6-,7?;5-,6-,7-;5-,6+,7-;4*6-,7+/m00111010/s1. The van der Waals surface area contributed by atoms with Crippen molar-refractivity contribution in [3.63, 3.8) is 0 Å². The molecule has 16 rings (SSSR count). The number of nitrogens with zero attached hydrogens (tertiary/aromatic N) is 24. The highest BCUT2D eigenvalue weighted by Gasteiger charge is 2.44. The number of rotatable bonds is 24. The van der Waals surface area contributed by atoms with Gasteiger partial charge in [0.25, 0.3) is 47.3 Å². The zero-order valence-electron chi connectivity index (χ0n) is 67.7. The van der Waals surface area contributed by atoms with Crippen molar-refractivity contribution in [1.29, 1.82) is 0 Å². The van der Waals surface area contributed by atoms with Crippen LogP contribution in [0.1, 0.15) is 230 Å². The van der Waals surface area contributed by atoms with Crippen LogP contribution >= 0.6 is 0 Å². The summed E-state index contributed by atoms with van der Waals surface area (Å²) in [7, 11) is 0. The molecule has 8 aliphatic rings. The van der Waals surface area contributed by atoms with Crippen molar-refractivity contribution in [2.24, 2.45) is 93.2 Å². The second kappa shape index (κ2) is 45.5. The molecule has 6 fully saturated rings. The van der Waals surface area contributed by atoms with E-state index in [0.29, 0.717) is 56.8 Å². The van der Waals surface area contributed by atoms with Crippen LogP contribution < -0.4 is 45.9 Å². The summed E-state index contributed by atoms with van der Waals surface area (Å²) in [5.41, 5.74) is 40.3. The molecule has 8 aromatic rings. The number of carbonyl (C=O) groups excluding carboxylic acids is 8. The molecule has 8 heterocycles. The van der Waals surface area contributed by atoms with E-state index < -0.39 is 89.7 Å². The highest BCUT2D eigenvalue weighted by Crippen LogP contribution is 2.39. The third-order valence-electron chi connectivity index (χ3n) is 22.6. The maximum Gasteiger partial charge on any atom is 0.288 e. The Bertz CT molecular complexity index is 4680. The topological polar surface area (TPSA) is 853 Å². The van der Waals surface area contributed by atoms with E-state index >= 15 is 0 Å². The average molecular weight is 1760 g/mol. The number of hydrogen-bond acceptors (Lipinski definition) is 37. The fourth-order valence-corrected chi connectivity index (χ4v) is 15.6. The van der Waals surface area contributed by atoms with E-state index in [0.717, 1.165) is 51.4 Å². The SMILES string of the molecule is NC(=O)c1ncn([C@@H]2C=C[C@H](CO)C2)n1.NC(=O)c1ncn([C@@H]2CC(O)[C@H](CO)C2)n1.NC(=O)c1ncn([C@@H]2CC[C@H](CO)C2)n1.NC(=O)c1ncn([C@@H]2C[C@H](CO)[C@H](O)C2)n1.NC(=O)c1ncn([C@H]2C=C[C@@H](CO)C2)n1.NC(=O)c1ncn([C@H]2CC[C@@H](CO)C2)n1.NC(=O)c1ncn([C@H]2C[C@@H](CO)C(O)[C@H]2O)n1.NC(=O)c1ncn([C@H]2C[C@@H](CO)C[C@H]2O)n1. The summed E-state index contributed by atoms with van der Waals surface area (Å²) in [6.07, 6.45) is 26.7.